The van der Waals surface area contributed by atoms with E-state index in [1.807, 2.05) is 13.8 Å². The lowest BCUT2D eigenvalue weighted by Gasteiger charge is -2.51. The number of methoxy groups -OCH3 is 1. The van der Waals surface area contributed by atoms with Crippen LogP contribution in [0.3, 0.4) is 0 Å². The highest BCUT2D eigenvalue weighted by atomic mass is 16.5. The number of ether oxygens (including phenoxy) is 1. The molecule has 0 radical (unpaired) electrons. The lowest BCUT2D eigenvalue weighted by molar-refractivity contribution is -0.150. The maximum Gasteiger partial charge on any atom is 0.325 e. The van der Waals surface area contributed by atoms with Crippen LogP contribution in [0, 0.1) is 5.41 Å². The van der Waals surface area contributed by atoms with Crippen LogP contribution < -0.4 is 5.32 Å². The Morgan fingerprint density at radius 1 is 1.53 bits per heavy atom. The van der Waals surface area contributed by atoms with Gasteiger partial charge in [-0.15, -0.1) is 0 Å². The van der Waals surface area contributed by atoms with Crippen molar-refractivity contribution in [1.82, 2.24) is 5.32 Å². The monoisotopic (exact) mass is 215 g/mol. The summed E-state index contributed by atoms with van der Waals surface area (Å²) in [6.07, 6.45) is 0.399. The van der Waals surface area contributed by atoms with Crippen molar-refractivity contribution in [3.05, 3.63) is 0 Å². The van der Waals surface area contributed by atoms with E-state index in [0.29, 0.717) is 6.42 Å². The second-order valence-electron chi connectivity index (χ2n) is 5.39. The molecule has 0 aromatic heterocycles. The highest BCUT2D eigenvalue weighted by Gasteiger charge is 2.49. The highest BCUT2D eigenvalue weighted by Crippen LogP contribution is 2.41. The van der Waals surface area contributed by atoms with Gasteiger partial charge in [0.2, 0.25) is 0 Å². The molecular formula is C11H21NO3. The van der Waals surface area contributed by atoms with Crippen LogP contribution in [0.2, 0.25) is 0 Å². The largest absolute Gasteiger partial charge is 0.468 e. The third kappa shape index (κ3) is 2.16. The molecule has 0 amide bonds. The predicted octanol–water partition coefficient (Wildman–Crippen LogP) is 0.687. The number of nitrogens with one attached hydrogen (secondary N) is 1. The van der Waals surface area contributed by atoms with E-state index in [2.05, 4.69) is 5.32 Å². The number of hydrogen-bond donors (Lipinski definition) is 2. The average Bonchev–Trinajstić information content (AvgIpc) is 2.16. The third-order valence-electron chi connectivity index (χ3n) is 3.45. The zero-order valence-corrected chi connectivity index (χ0v) is 10.1. The minimum atomic E-state index is -0.698. The number of hydrogen-bond acceptors (Lipinski definition) is 4. The molecule has 2 atom stereocenters. The van der Waals surface area contributed by atoms with Gasteiger partial charge in [0.25, 0.3) is 0 Å². The normalized spacial score (nSPS) is 29.5. The number of carbonyl (C=O) groups excluding carboxylic acids is 1. The first kappa shape index (κ1) is 12.5. The number of carbonyl (C=O) groups is 1. The Kier molecular flexibility index (Phi) is 3.12. The van der Waals surface area contributed by atoms with Crippen molar-refractivity contribution in [2.24, 2.45) is 5.41 Å². The lowest BCUT2D eigenvalue weighted by Crippen LogP contribution is -2.66. The van der Waals surface area contributed by atoms with E-state index in [9.17, 15) is 9.90 Å². The van der Waals surface area contributed by atoms with Gasteiger partial charge in [0.1, 0.15) is 5.54 Å². The molecule has 0 bridgehead atoms. The molecule has 1 aliphatic carbocycles. The van der Waals surface area contributed by atoms with Crippen LogP contribution in [-0.2, 0) is 9.53 Å². The summed E-state index contributed by atoms with van der Waals surface area (Å²) in [6, 6.07) is 0.154. The fourth-order valence-corrected chi connectivity index (χ4v) is 1.90. The molecule has 4 heteroatoms. The van der Waals surface area contributed by atoms with E-state index in [4.69, 9.17) is 4.74 Å². The van der Waals surface area contributed by atoms with Gasteiger partial charge in [-0.1, -0.05) is 13.8 Å². The summed E-state index contributed by atoms with van der Waals surface area (Å²) in [6.45, 7) is 7.57. The predicted molar refractivity (Wildman–Crippen MR) is 57.4 cm³/mol. The summed E-state index contributed by atoms with van der Waals surface area (Å²) >= 11 is 0. The standard InChI is InChI=1S/C11H21NO3/c1-10(2)7(6-8(10)13)12-11(3,4)9(14)15-5/h7-8,12-13H,6H2,1-5H3. The van der Waals surface area contributed by atoms with Crippen molar-refractivity contribution in [3.63, 3.8) is 0 Å². The van der Waals surface area contributed by atoms with E-state index in [0.717, 1.165) is 0 Å². The topological polar surface area (TPSA) is 58.6 Å². The maximum atomic E-state index is 11.5. The van der Waals surface area contributed by atoms with Crippen molar-refractivity contribution in [1.29, 1.82) is 0 Å². The molecule has 0 aromatic rings. The smallest absolute Gasteiger partial charge is 0.325 e. The van der Waals surface area contributed by atoms with E-state index >= 15 is 0 Å². The molecule has 1 saturated carbocycles. The molecule has 0 aliphatic heterocycles. The summed E-state index contributed by atoms with van der Waals surface area (Å²) in [7, 11) is 1.38. The lowest BCUT2D eigenvalue weighted by atomic mass is 9.64. The number of aliphatic hydroxyl groups excluding tert-OH is 1. The first-order chi connectivity index (χ1) is 6.71. The van der Waals surface area contributed by atoms with Gasteiger partial charge in [-0.2, -0.15) is 0 Å². The van der Waals surface area contributed by atoms with E-state index in [1.54, 1.807) is 13.8 Å². The quantitative estimate of drug-likeness (QED) is 0.680. The van der Waals surface area contributed by atoms with Gasteiger partial charge in [0, 0.05) is 11.5 Å². The van der Waals surface area contributed by atoms with Crippen LogP contribution in [0.25, 0.3) is 0 Å². The van der Waals surface area contributed by atoms with Crippen molar-refractivity contribution in [2.45, 2.75) is 51.8 Å². The van der Waals surface area contributed by atoms with E-state index < -0.39 is 5.54 Å². The summed E-state index contributed by atoms with van der Waals surface area (Å²) in [5.41, 5.74) is -0.873. The Balaban J connectivity index is 2.60. The number of aliphatic hydroxyl groups is 1. The fourth-order valence-electron chi connectivity index (χ4n) is 1.90. The van der Waals surface area contributed by atoms with Crippen molar-refractivity contribution in [3.8, 4) is 0 Å². The SMILES string of the molecule is COC(=O)C(C)(C)NC1CC(O)C1(C)C. The van der Waals surface area contributed by atoms with Crippen LogP contribution in [0.1, 0.15) is 34.1 Å². The molecule has 4 nitrogen and oxygen atoms in total. The highest BCUT2D eigenvalue weighted by molar-refractivity contribution is 5.79. The maximum absolute atomic E-state index is 11.5. The Hall–Kier alpha value is -0.610. The van der Waals surface area contributed by atoms with E-state index in [1.165, 1.54) is 7.11 Å². The Morgan fingerprint density at radius 3 is 2.40 bits per heavy atom. The summed E-state index contributed by atoms with van der Waals surface area (Å²) in [5.74, 6) is -0.278. The van der Waals surface area contributed by atoms with Crippen molar-refractivity contribution < 1.29 is 14.6 Å². The first-order valence-corrected chi connectivity index (χ1v) is 5.26. The fraction of sp³-hybridized carbons (Fsp3) is 0.909. The molecule has 1 fully saturated rings. The van der Waals surface area contributed by atoms with Crippen LogP contribution in [0.5, 0.6) is 0 Å². The molecule has 15 heavy (non-hydrogen) atoms. The van der Waals surface area contributed by atoms with E-state index in [-0.39, 0.29) is 23.5 Å². The number of esters is 1. The van der Waals surface area contributed by atoms with Crippen LogP contribution >= 0.6 is 0 Å². The van der Waals surface area contributed by atoms with Crippen molar-refractivity contribution >= 4 is 5.97 Å². The van der Waals surface area contributed by atoms with Crippen LogP contribution in [0.4, 0.5) is 0 Å². The Labute approximate surface area is 91.0 Å². The molecule has 1 aliphatic rings. The first-order valence-electron chi connectivity index (χ1n) is 5.26. The molecule has 2 unspecified atom stereocenters. The van der Waals surface area contributed by atoms with Crippen molar-refractivity contribution in [2.75, 3.05) is 7.11 Å². The molecule has 2 N–H and O–H groups in total. The van der Waals surface area contributed by atoms with Gasteiger partial charge in [-0.05, 0) is 20.3 Å². The molecule has 0 spiro atoms. The van der Waals surface area contributed by atoms with Gasteiger partial charge in [0.05, 0.1) is 13.2 Å². The van der Waals surface area contributed by atoms with Gasteiger partial charge in [-0.25, -0.2) is 0 Å². The minimum Gasteiger partial charge on any atom is -0.468 e. The minimum absolute atomic E-state index is 0.154. The molecule has 0 heterocycles. The molecule has 0 saturated heterocycles. The Bertz CT molecular complexity index is 261. The van der Waals surface area contributed by atoms with Gasteiger partial charge < -0.3 is 9.84 Å². The molecular weight excluding hydrogens is 194 g/mol. The zero-order valence-electron chi connectivity index (χ0n) is 10.1. The average molecular weight is 215 g/mol. The zero-order chi connectivity index (χ0) is 11.9. The second kappa shape index (κ2) is 3.76. The van der Waals surface area contributed by atoms with Gasteiger partial charge in [0.15, 0.2) is 0 Å². The molecule has 0 aromatic carbocycles. The van der Waals surface area contributed by atoms with Crippen LogP contribution in [-0.4, -0.2) is 35.9 Å². The summed E-state index contributed by atoms with van der Waals surface area (Å²) < 4.78 is 4.72. The summed E-state index contributed by atoms with van der Waals surface area (Å²) in [4.78, 5) is 11.5. The van der Waals surface area contributed by atoms with Crippen LogP contribution in [0.15, 0.2) is 0 Å². The second-order valence-corrected chi connectivity index (χ2v) is 5.39. The summed E-state index contributed by atoms with van der Waals surface area (Å²) in [5, 5.41) is 12.8. The van der Waals surface area contributed by atoms with Gasteiger partial charge in [-0.3, -0.25) is 10.1 Å². The molecule has 88 valence electrons. The number of rotatable bonds is 3. The third-order valence-corrected chi connectivity index (χ3v) is 3.45. The van der Waals surface area contributed by atoms with Gasteiger partial charge >= 0.3 is 5.97 Å². The molecule has 1 rings (SSSR count). The Morgan fingerprint density at radius 2 is 2.07 bits per heavy atom.